The molecular weight excluding hydrogens is 252 g/mol. The molecule has 21 heavy (non-hydrogen) atoms. The lowest BCUT2D eigenvalue weighted by atomic mass is 9.68. The second-order valence-corrected chi connectivity index (χ2v) is 8.18. The van der Waals surface area contributed by atoms with Gasteiger partial charge in [-0.05, 0) is 42.9 Å². The van der Waals surface area contributed by atoms with Crippen LogP contribution in [-0.4, -0.2) is 0 Å². The molecule has 0 aromatic carbocycles. The van der Waals surface area contributed by atoms with Crippen molar-refractivity contribution in [1.29, 1.82) is 0 Å². The molecule has 0 N–H and O–H groups in total. The van der Waals surface area contributed by atoms with Gasteiger partial charge < -0.3 is 0 Å². The van der Waals surface area contributed by atoms with E-state index >= 15 is 0 Å². The van der Waals surface area contributed by atoms with Crippen molar-refractivity contribution >= 4 is 0 Å². The van der Waals surface area contributed by atoms with Gasteiger partial charge >= 0.3 is 0 Å². The highest BCUT2D eigenvalue weighted by Gasteiger charge is 2.30. The Hall–Kier alpha value is 0. The van der Waals surface area contributed by atoms with Crippen LogP contribution in [0, 0.1) is 23.7 Å². The van der Waals surface area contributed by atoms with Crippen molar-refractivity contribution in [2.45, 2.75) is 110 Å². The van der Waals surface area contributed by atoms with Gasteiger partial charge in [0.1, 0.15) is 0 Å². The molecule has 0 nitrogen and oxygen atoms in total. The Morgan fingerprint density at radius 1 is 0.667 bits per heavy atom. The zero-order chi connectivity index (χ0) is 14.9. The van der Waals surface area contributed by atoms with E-state index < -0.39 is 0 Å². The fraction of sp³-hybridized carbons (Fsp3) is 1.00. The summed E-state index contributed by atoms with van der Waals surface area (Å²) in [6.45, 7) is 4.72. The van der Waals surface area contributed by atoms with Gasteiger partial charge in [-0.3, -0.25) is 0 Å². The van der Waals surface area contributed by atoms with Gasteiger partial charge in [-0.2, -0.15) is 0 Å². The maximum absolute atomic E-state index is 2.41. The van der Waals surface area contributed by atoms with E-state index in [-0.39, 0.29) is 0 Å². The summed E-state index contributed by atoms with van der Waals surface area (Å²) in [5, 5.41) is 0. The molecular formula is C21H40. The summed E-state index contributed by atoms with van der Waals surface area (Å²) in [5.74, 6) is 4.37. The summed E-state index contributed by atoms with van der Waals surface area (Å²) >= 11 is 0. The lowest BCUT2D eigenvalue weighted by Crippen LogP contribution is -2.26. The molecule has 0 bridgehead atoms. The first-order chi connectivity index (χ1) is 10.3. The number of unbranched alkanes of at least 4 members (excludes halogenated alkanes) is 4. The highest BCUT2D eigenvalue weighted by Crippen LogP contribution is 2.43. The molecule has 0 aromatic rings. The number of hydrogen-bond donors (Lipinski definition) is 0. The summed E-state index contributed by atoms with van der Waals surface area (Å²) < 4.78 is 0. The maximum atomic E-state index is 2.41. The van der Waals surface area contributed by atoms with Gasteiger partial charge in [0, 0.05) is 0 Å². The Labute approximate surface area is 134 Å². The molecule has 2 aliphatic rings. The van der Waals surface area contributed by atoms with E-state index in [2.05, 4.69) is 13.8 Å². The van der Waals surface area contributed by atoms with Crippen LogP contribution in [0.25, 0.3) is 0 Å². The van der Waals surface area contributed by atoms with E-state index in [1.165, 1.54) is 51.4 Å². The fourth-order valence-electron chi connectivity index (χ4n) is 5.12. The molecule has 0 amide bonds. The van der Waals surface area contributed by atoms with Crippen molar-refractivity contribution in [1.82, 2.24) is 0 Å². The van der Waals surface area contributed by atoms with Crippen LogP contribution in [0.3, 0.4) is 0 Å². The quantitative estimate of drug-likeness (QED) is 0.410. The Kier molecular flexibility index (Phi) is 8.19. The molecule has 0 aliphatic heterocycles. The standard InChI is InChI=1S/C21H40/c1-3-5-6-7-8-10-19-13-15-20(16-14-19)21-12-9-11-18(4-2)17-21/h18-21H,3-17H2,1-2H3. The monoisotopic (exact) mass is 292 g/mol. The predicted octanol–water partition coefficient (Wildman–Crippen LogP) is 7.37. The van der Waals surface area contributed by atoms with Crippen LogP contribution in [0.15, 0.2) is 0 Å². The van der Waals surface area contributed by atoms with Crippen molar-refractivity contribution in [3.8, 4) is 0 Å². The van der Waals surface area contributed by atoms with E-state index in [0.717, 1.165) is 23.7 Å². The molecule has 2 atom stereocenters. The molecule has 0 radical (unpaired) electrons. The van der Waals surface area contributed by atoms with Crippen molar-refractivity contribution in [3.05, 3.63) is 0 Å². The molecule has 124 valence electrons. The molecule has 0 heterocycles. The number of hydrogen-bond acceptors (Lipinski definition) is 0. The van der Waals surface area contributed by atoms with Gasteiger partial charge in [0.2, 0.25) is 0 Å². The second-order valence-electron chi connectivity index (χ2n) is 8.18. The molecule has 0 heteroatoms. The van der Waals surface area contributed by atoms with Gasteiger partial charge in [0.15, 0.2) is 0 Å². The van der Waals surface area contributed by atoms with Gasteiger partial charge in [-0.15, -0.1) is 0 Å². The van der Waals surface area contributed by atoms with Gasteiger partial charge in [0.25, 0.3) is 0 Å². The van der Waals surface area contributed by atoms with Crippen LogP contribution in [-0.2, 0) is 0 Å². The zero-order valence-electron chi connectivity index (χ0n) is 14.9. The van der Waals surface area contributed by atoms with E-state index in [0.29, 0.717) is 0 Å². The zero-order valence-corrected chi connectivity index (χ0v) is 14.9. The largest absolute Gasteiger partial charge is 0.0654 e. The third-order valence-corrected chi connectivity index (χ3v) is 6.67. The summed E-state index contributed by atoms with van der Waals surface area (Å²) in [6, 6.07) is 0. The minimum absolute atomic E-state index is 1.07. The first-order valence-corrected chi connectivity index (χ1v) is 10.3. The summed E-state index contributed by atoms with van der Waals surface area (Å²) in [6.07, 6.45) is 22.7. The molecule has 2 fully saturated rings. The van der Waals surface area contributed by atoms with Crippen LogP contribution in [0.2, 0.25) is 0 Å². The molecule has 2 unspecified atom stereocenters. The number of rotatable bonds is 8. The maximum Gasteiger partial charge on any atom is -0.0383 e. The Morgan fingerprint density at radius 3 is 2.14 bits per heavy atom. The minimum atomic E-state index is 1.07. The van der Waals surface area contributed by atoms with Crippen LogP contribution in [0.5, 0.6) is 0 Å². The SMILES string of the molecule is CCCCCCCC1CCC(C2CCCC(CC)C2)CC1. The molecule has 2 saturated carbocycles. The Morgan fingerprint density at radius 2 is 1.43 bits per heavy atom. The third-order valence-electron chi connectivity index (χ3n) is 6.67. The first-order valence-electron chi connectivity index (χ1n) is 10.3. The summed E-state index contributed by atoms with van der Waals surface area (Å²) in [7, 11) is 0. The van der Waals surface area contributed by atoms with E-state index in [9.17, 15) is 0 Å². The van der Waals surface area contributed by atoms with E-state index in [1.54, 1.807) is 44.9 Å². The Bertz CT molecular complexity index is 249. The lowest BCUT2D eigenvalue weighted by molar-refractivity contribution is 0.135. The second kappa shape index (κ2) is 9.90. The highest BCUT2D eigenvalue weighted by atomic mass is 14.4. The third kappa shape index (κ3) is 5.95. The molecule has 2 aliphatic carbocycles. The Balaban J connectivity index is 1.59. The molecule has 0 saturated heterocycles. The van der Waals surface area contributed by atoms with Gasteiger partial charge in [-0.25, -0.2) is 0 Å². The van der Waals surface area contributed by atoms with Crippen molar-refractivity contribution in [2.75, 3.05) is 0 Å². The lowest BCUT2D eigenvalue weighted by Gasteiger charge is -2.38. The minimum Gasteiger partial charge on any atom is -0.0654 e. The molecule has 0 spiro atoms. The van der Waals surface area contributed by atoms with Crippen LogP contribution >= 0.6 is 0 Å². The van der Waals surface area contributed by atoms with Crippen molar-refractivity contribution in [3.63, 3.8) is 0 Å². The molecule has 0 aromatic heterocycles. The van der Waals surface area contributed by atoms with Gasteiger partial charge in [-0.1, -0.05) is 90.9 Å². The highest BCUT2D eigenvalue weighted by molar-refractivity contribution is 4.82. The normalized spacial score (nSPS) is 34.0. The summed E-state index contributed by atoms with van der Waals surface area (Å²) in [5.41, 5.74) is 0. The summed E-state index contributed by atoms with van der Waals surface area (Å²) in [4.78, 5) is 0. The van der Waals surface area contributed by atoms with E-state index in [1.807, 2.05) is 0 Å². The van der Waals surface area contributed by atoms with Crippen molar-refractivity contribution in [2.24, 2.45) is 23.7 Å². The average molecular weight is 293 g/mol. The van der Waals surface area contributed by atoms with Crippen LogP contribution in [0.1, 0.15) is 110 Å². The van der Waals surface area contributed by atoms with Crippen LogP contribution in [0.4, 0.5) is 0 Å². The first kappa shape index (κ1) is 17.4. The molecule has 2 rings (SSSR count). The topological polar surface area (TPSA) is 0 Å². The van der Waals surface area contributed by atoms with Gasteiger partial charge in [0.05, 0.1) is 0 Å². The average Bonchev–Trinajstić information content (AvgIpc) is 2.55. The fourth-order valence-corrected chi connectivity index (χ4v) is 5.12. The van der Waals surface area contributed by atoms with E-state index in [4.69, 9.17) is 0 Å². The van der Waals surface area contributed by atoms with Crippen molar-refractivity contribution < 1.29 is 0 Å². The van der Waals surface area contributed by atoms with Crippen LogP contribution < -0.4 is 0 Å². The predicted molar refractivity (Wildman–Crippen MR) is 94.6 cm³/mol. The smallest absolute Gasteiger partial charge is 0.0383 e.